The Balaban J connectivity index is -0.000000125. The average Bonchev–Trinajstić information content (AvgIpc) is 1.65. The van der Waals surface area contributed by atoms with Crippen molar-refractivity contribution in [2.24, 2.45) is 5.92 Å². The molecular weight excluding hydrogens is 122 g/mol. The van der Waals surface area contributed by atoms with Gasteiger partial charge >= 0.3 is 0 Å². The van der Waals surface area contributed by atoms with Gasteiger partial charge in [0.15, 0.2) is 0 Å². The number of halogens is 1. The molecule has 3 N–H and O–H groups in total. The summed E-state index contributed by atoms with van der Waals surface area (Å²) >= 11 is 0. The van der Waals surface area contributed by atoms with Crippen molar-refractivity contribution in [2.75, 3.05) is 0 Å². The average molecular weight is 140 g/mol. The molecule has 0 heterocycles. The Hall–Kier alpha value is 0.250. The first-order chi connectivity index (χ1) is 2.81. The van der Waals surface area contributed by atoms with Crippen molar-refractivity contribution in [3.63, 3.8) is 0 Å². The van der Waals surface area contributed by atoms with Gasteiger partial charge in [-0.05, 0) is 5.92 Å². The summed E-state index contributed by atoms with van der Waals surface area (Å²) in [6.07, 6.45) is 2.66. The molecule has 0 amide bonds. The fourth-order valence-corrected chi connectivity index (χ4v) is 0.289. The van der Waals surface area contributed by atoms with E-state index < -0.39 is 0 Å². The van der Waals surface area contributed by atoms with Crippen LogP contribution in [0.4, 0.5) is 0 Å². The topological polar surface area (TPSA) is 35.0 Å². The second kappa shape index (κ2) is 10.3. The Labute approximate surface area is 58.9 Å². The van der Waals surface area contributed by atoms with Gasteiger partial charge in [0.1, 0.15) is 0 Å². The molecule has 1 nitrogen and oxygen atoms in total. The Bertz CT molecular complexity index is 27.7. The van der Waals surface area contributed by atoms with Crippen molar-refractivity contribution < 1.29 is 0 Å². The van der Waals surface area contributed by atoms with Crippen LogP contribution in [0.5, 0.6) is 0 Å². The van der Waals surface area contributed by atoms with Gasteiger partial charge in [0, 0.05) is 0 Å². The van der Waals surface area contributed by atoms with Gasteiger partial charge in [-0.15, -0.1) is 12.4 Å². The molecular formula is C6H18ClN. The SMILES string of the molecule is CCC(C)CC.Cl.N. The lowest BCUT2D eigenvalue weighted by Gasteiger charge is -1.98. The first-order valence-corrected chi connectivity index (χ1v) is 2.81. The molecule has 0 rings (SSSR count). The maximum atomic E-state index is 2.28. The maximum Gasteiger partial charge on any atom is -0.0448 e. The summed E-state index contributed by atoms with van der Waals surface area (Å²) in [5.74, 6) is 0.935. The summed E-state index contributed by atoms with van der Waals surface area (Å²) in [6.45, 7) is 6.74. The quantitative estimate of drug-likeness (QED) is 0.627. The fourth-order valence-electron chi connectivity index (χ4n) is 0.289. The number of rotatable bonds is 2. The van der Waals surface area contributed by atoms with Gasteiger partial charge in [0.2, 0.25) is 0 Å². The Morgan fingerprint density at radius 2 is 1.38 bits per heavy atom. The Morgan fingerprint density at radius 3 is 1.38 bits per heavy atom. The zero-order chi connectivity index (χ0) is 4.99. The monoisotopic (exact) mass is 139 g/mol. The molecule has 0 saturated heterocycles. The van der Waals surface area contributed by atoms with E-state index in [4.69, 9.17) is 0 Å². The van der Waals surface area contributed by atoms with E-state index in [0.29, 0.717) is 0 Å². The van der Waals surface area contributed by atoms with Crippen LogP contribution in [0.25, 0.3) is 0 Å². The van der Waals surface area contributed by atoms with Gasteiger partial charge in [-0.3, -0.25) is 0 Å². The van der Waals surface area contributed by atoms with Crippen molar-refractivity contribution in [1.82, 2.24) is 6.15 Å². The van der Waals surface area contributed by atoms with Crippen LogP contribution >= 0.6 is 12.4 Å². The molecule has 0 aromatic rings. The molecule has 0 saturated carbocycles. The Morgan fingerprint density at radius 1 is 1.12 bits per heavy atom. The number of hydrogen-bond acceptors (Lipinski definition) is 1. The molecule has 0 fully saturated rings. The van der Waals surface area contributed by atoms with E-state index in [-0.39, 0.29) is 18.6 Å². The van der Waals surface area contributed by atoms with Crippen LogP contribution in [-0.4, -0.2) is 0 Å². The van der Waals surface area contributed by atoms with Gasteiger partial charge in [-0.1, -0.05) is 33.6 Å². The molecule has 0 aliphatic rings. The van der Waals surface area contributed by atoms with E-state index in [1.165, 1.54) is 12.8 Å². The lowest BCUT2D eigenvalue weighted by Crippen LogP contribution is -1.85. The van der Waals surface area contributed by atoms with Crippen LogP contribution in [0, 0.1) is 5.92 Å². The van der Waals surface area contributed by atoms with Crippen LogP contribution in [0.2, 0.25) is 0 Å². The first kappa shape index (κ1) is 15.7. The summed E-state index contributed by atoms with van der Waals surface area (Å²) in [5, 5.41) is 0. The second-order valence-corrected chi connectivity index (χ2v) is 1.92. The largest absolute Gasteiger partial charge is 0.344 e. The van der Waals surface area contributed by atoms with E-state index in [9.17, 15) is 0 Å². The normalized spacial score (nSPS) is 7.50. The molecule has 0 aromatic heterocycles. The highest BCUT2D eigenvalue weighted by molar-refractivity contribution is 5.85. The minimum Gasteiger partial charge on any atom is -0.344 e. The molecule has 0 bridgehead atoms. The molecule has 0 aliphatic carbocycles. The van der Waals surface area contributed by atoms with Crippen molar-refractivity contribution in [1.29, 1.82) is 0 Å². The summed E-state index contributed by atoms with van der Waals surface area (Å²) in [4.78, 5) is 0. The minimum absolute atomic E-state index is 0. The zero-order valence-electron chi connectivity index (χ0n) is 6.11. The summed E-state index contributed by atoms with van der Waals surface area (Å²) in [7, 11) is 0. The van der Waals surface area contributed by atoms with Gasteiger partial charge in [0.05, 0.1) is 0 Å². The molecule has 0 unspecified atom stereocenters. The van der Waals surface area contributed by atoms with Gasteiger partial charge in [-0.2, -0.15) is 0 Å². The van der Waals surface area contributed by atoms with Crippen molar-refractivity contribution in [3.8, 4) is 0 Å². The van der Waals surface area contributed by atoms with Crippen molar-refractivity contribution >= 4 is 12.4 Å². The molecule has 0 spiro atoms. The van der Waals surface area contributed by atoms with E-state index in [1.54, 1.807) is 0 Å². The van der Waals surface area contributed by atoms with Crippen LogP contribution in [0.3, 0.4) is 0 Å². The second-order valence-electron chi connectivity index (χ2n) is 1.92. The van der Waals surface area contributed by atoms with Crippen molar-refractivity contribution in [2.45, 2.75) is 33.6 Å². The molecule has 0 aromatic carbocycles. The standard InChI is InChI=1S/C6H14.ClH.H3N/c1-4-6(3)5-2;;/h6H,4-5H2,1-3H3;1H;1H3. The molecule has 0 atom stereocenters. The maximum absolute atomic E-state index is 2.28. The van der Waals surface area contributed by atoms with Gasteiger partial charge < -0.3 is 6.15 Å². The summed E-state index contributed by atoms with van der Waals surface area (Å²) in [6, 6.07) is 0. The third-order valence-corrected chi connectivity index (χ3v) is 1.39. The molecule has 0 radical (unpaired) electrons. The highest BCUT2D eigenvalue weighted by Gasteiger charge is 1.88. The third-order valence-electron chi connectivity index (χ3n) is 1.39. The van der Waals surface area contributed by atoms with Crippen LogP contribution < -0.4 is 6.15 Å². The van der Waals surface area contributed by atoms with Crippen LogP contribution in [0.1, 0.15) is 33.6 Å². The minimum atomic E-state index is 0. The molecule has 2 heteroatoms. The van der Waals surface area contributed by atoms with Gasteiger partial charge in [0.25, 0.3) is 0 Å². The number of hydrogen-bond donors (Lipinski definition) is 1. The molecule has 0 aliphatic heterocycles. The predicted molar refractivity (Wildman–Crippen MR) is 42.0 cm³/mol. The van der Waals surface area contributed by atoms with E-state index in [1.807, 2.05) is 0 Å². The summed E-state index contributed by atoms with van der Waals surface area (Å²) in [5.41, 5.74) is 0. The highest BCUT2D eigenvalue weighted by atomic mass is 35.5. The van der Waals surface area contributed by atoms with Crippen LogP contribution in [-0.2, 0) is 0 Å². The van der Waals surface area contributed by atoms with E-state index in [0.717, 1.165) is 5.92 Å². The smallest absolute Gasteiger partial charge is 0.0448 e. The lowest BCUT2D eigenvalue weighted by atomic mass is 10.1. The highest BCUT2D eigenvalue weighted by Crippen LogP contribution is 2.02. The van der Waals surface area contributed by atoms with Crippen LogP contribution in [0.15, 0.2) is 0 Å². The zero-order valence-corrected chi connectivity index (χ0v) is 6.92. The van der Waals surface area contributed by atoms with E-state index in [2.05, 4.69) is 20.8 Å². The first-order valence-electron chi connectivity index (χ1n) is 2.81. The van der Waals surface area contributed by atoms with Crippen molar-refractivity contribution in [3.05, 3.63) is 0 Å². The third kappa shape index (κ3) is 9.54. The predicted octanol–water partition coefficient (Wildman–Crippen LogP) is 3.03. The lowest BCUT2D eigenvalue weighted by molar-refractivity contribution is 0.544. The van der Waals surface area contributed by atoms with E-state index >= 15 is 0 Å². The fraction of sp³-hybridized carbons (Fsp3) is 1.00. The molecule has 8 heavy (non-hydrogen) atoms. The Kier molecular flexibility index (Phi) is 20.2. The van der Waals surface area contributed by atoms with Gasteiger partial charge in [-0.25, -0.2) is 0 Å². The summed E-state index contributed by atoms with van der Waals surface area (Å²) < 4.78 is 0. The molecule has 54 valence electrons.